The van der Waals surface area contributed by atoms with Gasteiger partial charge in [-0.1, -0.05) is 42.9 Å². The molecule has 1 atom stereocenters. The maximum atomic E-state index is 13.9. The van der Waals surface area contributed by atoms with E-state index in [4.69, 9.17) is 9.47 Å². The molecule has 0 saturated carbocycles. The molecule has 1 fully saturated rings. The van der Waals surface area contributed by atoms with E-state index in [2.05, 4.69) is 4.98 Å². The van der Waals surface area contributed by atoms with Gasteiger partial charge >= 0.3 is 5.91 Å². The number of carbonyl (C=O) groups excluding carboxylic acids is 2. The third-order valence-corrected chi connectivity index (χ3v) is 7.48. The summed E-state index contributed by atoms with van der Waals surface area (Å²) < 4.78 is 25.7. The highest BCUT2D eigenvalue weighted by Gasteiger charge is 2.48. The van der Waals surface area contributed by atoms with Crippen molar-refractivity contribution in [1.82, 2.24) is 4.98 Å². The van der Waals surface area contributed by atoms with Crippen molar-refractivity contribution < 1.29 is 33.7 Å². The van der Waals surface area contributed by atoms with Gasteiger partial charge in [-0.15, -0.1) is 0 Å². The topological polar surface area (TPSA) is 109 Å². The van der Waals surface area contributed by atoms with E-state index in [1.54, 1.807) is 37.3 Å². The van der Waals surface area contributed by atoms with Crippen LogP contribution in [0, 0.1) is 5.82 Å². The second-order valence-corrected chi connectivity index (χ2v) is 10.2. The van der Waals surface area contributed by atoms with Crippen LogP contribution in [0.3, 0.4) is 0 Å². The molecule has 4 aromatic rings. The number of ether oxygens (including phenoxy) is 2. The highest BCUT2D eigenvalue weighted by Crippen LogP contribution is 2.46. The molecule has 2 heterocycles. The van der Waals surface area contributed by atoms with Crippen LogP contribution in [0.25, 0.3) is 16.0 Å². The number of hydrogen-bond donors (Lipinski definition) is 2. The lowest BCUT2D eigenvalue weighted by Crippen LogP contribution is -2.29. The predicted molar refractivity (Wildman–Crippen MR) is 150 cm³/mol. The molecule has 0 radical (unpaired) electrons. The first-order chi connectivity index (χ1) is 19.3. The normalized spacial score (nSPS) is 16.6. The summed E-state index contributed by atoms with van der Waals surface area (Å²) in [5.41, 5.74) is 1.00. The molecule has 10 heteroatoms. The Kier molecular flexibility index (Phi) is 7.70. The minimum absolute atomic E-state index is 0.116. The number of aromatic nitrogens is 1. The van der Waals surface area contributed by atoms with Crippen molar-refractivity contribution in [2.75, 3.05) is 18.1 Å². The second kappa shape index (κ2) is 11.4. The summed E-state index contributed by atoms with van der Waals surface area (Å²) in [5, 5.41) is 21.9. The van der Waals surface area contributed by atoms with Gasteiger partial charge < -0.3 is 19.7 Å². The number of amides is 1. The monoisotopic (exact) mass is 562 g/mol. The molecular formula is C30H27FN2O6S. The van der Waals surface area contributed by atoms with Crippen LogP contribution in [-0.4, -0.2) is 40.1 Å². The summed E-state index contributed by atoms with van der Waals surface area (Å²) in [4.78, 5) is 32.7. The standard InChI is InChI=1S/C30H27FN2O6S/c1-3-5-13-39-20-8-6-7-18(14-20)27(35)25-26(17-9-12-22(34)23(15-17)38-4-2)33(29(37)28(25)36)30-32-21-11-10-19(31)16-24(21)40-30/h6-12,14-16,26,34-35H,3-5,13H2,1-2H3/b27-25+. The number of unbranched alkanes of at least 4 members (excludes halogenated alkanes) is 1. The molecule has 0 bridgehead atoms. The highest BCUT2D eigenvalue weighted by molar-refractivity contribution is 7.22. The fourth-order valence-corrected chi connectivity index (χ4v) is 5.55. The maximum absolute atomic E-state index is 13.9. The third-order valence-electron chi connectivity index (χ3n) is 6.46. The van der Waals surface area contributed by atoms with Crippen molar-refractivity contribution in [2.45, 2.75) is 32.7 Å². The lowest BCUT2D eigenvalue weighted by Gasteiger charge is -2.23. The molecule has 1 aliphatic rings. The van der Waals surface area contributed by atoms with Crippen LogP contribution in [0.5, 0.6) is 17.2 Å². The van der Waals surface area contributed by atoms with E-state index in [1.165, 1.54) is 35.2 Å². The number of fused-ring (bicyclic) bond motifs is 1. The van der Waals surface area contributed by atoms with E-state index >= 15 is 0 Å². The molecule has 5 rings (SSSR count). The summed E-state index contributed by atoms with van der Waals surface area (Å²) in [6.45, 7) is 4.57. The number of rotatable bonds is 9. The fraction of sp³-hybridized carbons (Fsp3) is 0.233. The van der Waals surface area contributed by atoms with Crippen molar-refractivity contribution in [3.05, 3.63) is 83.2 Å². The summed E-state index contributed by atoms with van der Waals surface area (Å²) in [6, 6.07) is 14.1. The molecule has 1 aliphatic heterocycles. The molecule has 8 nitrogen and oxygen atoms in total. The molecule has 206 valence electrons. The lowest BCUT2D eigenvalue weighted by molar-refractivity contribution is -0.132. The molecule has 1 amide bonds. The van der Waals surface area contributed by atoms with Gasteiger partial charge in [0.2, 0.25) is 0 Å². The maximum Gasteiger partial charge on any atom is 0.301 e. The largest absolute Gasteiger partial charge is 0.507 e. The minimum Gasteiger partial charge on any atom is -0.507 e. The van der Waals surface area contributed by atoms with E-state index in [0.717, 1.165) is 24.2 Å². The average molecular weight is 563 g/mol. The number of aliphatic hydroxyl groups is 1. The lowest BCUT2D eigenvalue weighted by atomic mass is 9.95. The van der Waals surface area contributed by atoms with E-state index in [0.29, 0.717) is 33.7 Å². The molecule has 1 saturated heterocycles. The van der Waals surface area contributed by atoms with Crippen LogP contribution in [0.1, 0.15) is 43.9 Å². The fourth-order valence-electron chi connectivity index (χ4n) is 4.53. The number of anilines is 1. The number of aromatic hydroxyl groups is 1. The zero-order valence-electron chi connectivity index (χ0n) is 21.9. The van der Waals surface area contributed by atoms with Crippen molar-refractivity contribution in [3.63, 3.8) is 0 Å². The number of Topliss-reactive ketones (excluding diaryl/α,β-unsaturated/α-hetero) is 1. The average Bonchev–Trinajstić information content (AvgIpc) is 3.47. The molecule has 3 aromatic carbocycles. The number of carbonyl (C=O) groups is 2. The van der Waals surface area contributed by atoms with Crippen LogP contribution in [0.4, 0.5) is 9.52 Å². The SMILES string of the molecule is CCCCOc1cccc(/C(O)=C2\C(=O)C(=O)N(c3nc4ccc(F)cc4s3)C2c2ccc(O)c(OCC)c2)c1. The van der Waals surface area contributed by atoms with E-state index in [-0.39, 0.29) is 34.6 Å². The van der Waals surface area contributed by atoms with Crippen molar-refractivity contribution in [2.24, 2.45) is 0 Å². The van der Waals surface area contributed by atoms with Crippen molar-refractivity contribution in [3.8, 4) is 17.2 Å². The van der Waals surface area contributed by atoms with Gasteiger partial charge in [-0.3, -0.25) is 14.5 Å². The third kappa shape index (κ3) is 5.10. The first-order valence-electron chi connectivity index (χ1n) is 12.9. The number of nitrogens with zero attached hydrogens (tertiary/aromatic N) is 2. The van der Waals surface area contributed by atoms with Crippen LogP contribution in [0.15, 0.2) is 66.2 Å². The summed E-state index contributed by atoms with van der Waals surface area (Å²) in [6.07, 6.45) is 1.81. The molecule has 1 unspecified atom stereocenters. The number of ketones is 1. The Morgan fingerprint density at radius 1 is 1.07 bits per heavy atom. The number of benzene rings is 3. The van der Waals surface area contributed by atoms with Crippen LogP contribution >= 0.6 is 11.3 Å². The van der Waals surface area contributed by atoms with Gasteiger partial charge in [0.15, 0.2) is 16.6 Å². The van der Waals surface area contributed by atoms with E-state index in [9.17, 15) is 24.2 Å². The molecule has 0 aliphatic carbocycles. The molecule has 40 heavy (non-hydrogen) atoms. The number of aliphatic hydroxyl groups excluding tert-OH is 1. The Morgan fingerprint density at radius 3 is 2.67 bits per heavy atom. The predicted octanol–water partition coefficient (Wildman–Crippen LogP) is 6.34. The zero-order valence-corrected chi connectivity index (χ0v) is 22.7. The number of hydrogen-bond acceptors (Lipinski definition) is 8. The Balaban J connectivity index is 1.68. The van der Waals surface area contributed by atoms with Gasteiger partial charge in [-0.25, -0.2) is 9.37 Å². The Hall–Kier alpha value is -4.44. The number of halogens is 1. The molecular weight excluding hydrogens is 535 g/mol. The smallest absolute Gasteiger partial charge is 0.301 e. The minimum atomic E-state index is -1.10. The Bertz CT molecular complexity index is 1630. The molecule has 0 spiro atoms. The van der Waals surface area contributed by atoms with Gasteiger partial charge in [-0.2, -0.15) is 0 Å². The van der Waals surface area contributed by atoms with Gasteiger partial charge in [0.05, 0.1) is 35.0 Å². The zero-order chi connectivity index (χ0) is 28.4. The first-order valence-corrected chi connectivity index (χ1v) is 13.7. The number of phenolic OH excluding ortho intramolecular Hbond substituents is 1. The number of phenols is 1. The summed E-state index contributed by atoms with van der Waals surface area (Å²) in [7, 11) is 0. The summed E-state index contributed by atoms with van der Waals surface area (Å²) in [5.74, 6) is -2.09. The van der Waals surface area contributed by atoms with Crippen LogP contribution in [-0.2, 0) is 9.59 Å². The summed E-state index contributed by atoms with van der Waals surface area (Å²) >= 11 is 1.05. The van der Waals surface area contributed by atoms with Gasteiger partial charge in [0, 0.05) is 5.56 Å². The van der Waals surface area contributed by atoms with Crippen molar-refractivity contribution in [1.29, 1.82) is 0 Å². The second-order valence-electron chi connectivity index (χ2n) is 9.17. The quantitative estimate of drug-likeness (QED) is 0.106. The van der Waals surface area contributed by atoms with E-state index in [1.807, 2.05) is 6.92 Å². The number of thiazole rings is 1. The molecule has 1 aromatic heterocycles. The van der Waals surface area contributed by atoms with Crippen LogP contribution < -0.4 is 14.4 Å². The Labute approximate surface area is 233 Å². The van der Waals surface area contributed by atoms with E-state index < -0.39 is 23.5 Å². The van der Waals surface area contributed by atoms with Crippen LogP contribution in [0.2, 0.25) is 0 Å². The highest BCUT2D eigenvalue weighted by atomic mass is 32.1. The Morgan fingerprint density at radius 2 is 1.90 bits per heavy atom. The van der Waals surface area contributed by atoms with Crippen molar-refractivity contribution >= 4 is 44.1 Å². The van der Waals surface area contributed by atoms with Gasteiger partial charge in [0.1, 0.15) is 17.3 Å². The first kappa shape index (κ1) is 27.1. The van der Waals surface area contributed by atoms with Gasteiger partial charge in [-0.05, 0) is 61.4 Å². The van der Waals surface area contributed by atoms with Gasteiger partial charge in [0.25, 0.3) is 5.78 Å². The molecule has 2 N–H and O–H groups in total.